The van der Waals surface area contributed by atoms with Gasteiger partial charge in [-0.05, 0) is 48.2 Å². The fraction of sp³-hybridized carbons (Fsp3) is 0.200. The predicted octanol–water partition coefficient (Wildman–Crippen LogP) is 3.23. The smallest absolute Gasteiger partial charge is 0.275 e. The highest BCUT2D eigenvalue weighted by Crippen LogP contribution is 2.33. The van der Waals surface area contributed by atoms with Crippen LogP contribution in [-0.4, -0.2) is 18.5 Å². The molecule has 5 nitrogen and oxygen atoms in total. The van der Waals surface area contributed by atoms with Crippen LogP contribution in [0.3, 0.4) is 0 Å². The van der Waals surface area contributed by atoms with E-state index in [1.54, 1.807) is 6.08 Å². The topological polar surface area (TPSA) is 59.9 Å². The first kappa shape index (κ1) is 15.4. The molecule has 2 heterocycles. The quantitative estimate of drug-likeness (QED) is 0.873. The number of rotatable bonds is 4. The van der Waals surface area contributed by atoms with Gasteiger partial charge in [0.25, 0.3) is 5.91 Å². The summed E-state index contributed by atoms with van der Waals surface area (Å²) < 4.78 is 10.7. The first-order valence-electron chi connectivity index (χ1n) is 8.24. The van der Waals surface area contributed by atoms with Crippen LogP contribution in [0.25, 0.3) is 6.08 Å². The monoisotopic (exact) mass is 334 g/mol. The lowest BCUT2D eigenvalue weighted by molar-refractivity contribution is -0.115. The fourth-order valence-electron chi connectivity index (χ4n) is 2.94. The van der Waals surface area contributed by atoms with E-state index in [4.69, 9.17) is 9.47 Å². The molecule has 0 unspecified atom stereocenters. The van der Waals surface area contributed by atoms with Crippen molar-refractivity contribution in [3.63, 3.8) is 0 Å². The van der Waals surface area contributed by atoms with Crippen LogP contribution in [0.5, 0.6) is 11.5 Å². The van der Waals surface area contributed by atoms with Crippen LogP contribution in [0, 0.1) is 6.92 Å². The van der Waals surface area contributed by atoms with Crippen molar-refractivity contribution >= 4 is 17.8 Å². The van der Waals surface area contributed by atoms with Gasteiger partial charge >= 0.3 is 0 Å². The summed E-state index contributed by atoms with van der Waals surface area (Å²) in [6.07, 6.45) is 3.32. The molecule has 0 bridgehead atoms. The highest BCUT2D eigenvalue weighted by atomic mass is 16.7. The van der Waals surface area contributed by atoms with Gasteiger partial charge in [-0.3, -0.25) is 4.79 Å². The van der Waals surface area contributed by atoms with Crippen LogP contribution in [0.15, 0.2) is 53.2 Å². The van der Waals surface area contributed by atoms with Gasteiger partial charge in [-0.2, -0.15) is 0 Å². The molecule has 0 saturated carbocycles. The van der Waals surface area contributed by atoms with Crippen LogP contribution in [0.1, 0.15) is 23.1 Å². The molecule has 126 valence electrons. The highest BCUT2D eigenvalue weighted by molar-refractivity contribution is 6.14. The third-order valence-electron chi connectivity index (χ3n) is 4.34. The summed E-state index contributed by atoms with van der Waals surface area (Å²) in [6.45, 7) is 2.33. The van der Waals surface area contributed by atoms with Crippen LogP contribution in [-0.2, 0) is 11.2 Å². The van der Waals surface area contributed by atoms with Crippen LogP contribution in [0.2, 0.25) is 0 Å². The summed E-state index contributed by atoms with van der Waals surface area (Å²) in [5.74, 6) is 1.95. The van der Waals surface area contributed by atoms with E-state index >= 15 is 0 Å². The van der Waals surface area contributed by atoms with Crippen molar-refractivity contribution in [3.8, 4) is 11.5 Å². The maximum absolute atomic E-state index is 12.2. The first-order chi connectivity index (χ1) is 12.2. The molecule has 1 N–H and O–H groups in total. The standard InChI is InChI=1S/C20H18N2O3/c1-13-4-2-3-5-15(13)7-9-19-21-16(20(23)22-19)10-14-6-8-17-18(11-14)25-12-24-17/h2-6,8,10-11H,7,9,12H2,1H3,(H,21,22,23)/b16-10+. The summed E-state index contributed by atoms with van der Waals surface area (Å²) >= 11 is 0. The molecule has 0 aromatic heterocycles. The van der Waals surface area contributed by atoms with E-state index < -0.39 is 0 Å². The zero-order chi connectivity index (χ0) is 17.2. The Hall–Kier alpha value is -3.08. The summed E-state index contributed by atoms with van der Waals surface area (Å²) in [6, 6.07) is 13.8. The van der Waals surface area contributed by atoms with Gasteiger partial charge in [-0.15, -0.1) is 0 Å². The second-order valence-corrected chi connectivity index (χ2v) is 6.08. The molecule has 4 rings (SSSR count). The molecular weight excluding hydrogens is 316 g/mol. The molecule has 0 aliphatic carbocycles. The van der Waals surface area contributed by atoms with Gasteiger partial charge in [0.05, 0.1) is 0 Å². The molecule has 25 heavy (non-hydrogen) atoms. The Kier molecular flexibility index (Phi) is 3.98. The molecule has 5 heteroatoms. The molecule has 0 fully saturated rings. The van der Waals surface area contributed by atoms with Crippen molar-refractivity contribution in [2.75, 3.05) is 6.79 Å². The lowest BCUT2D eigenvalue weighted by atomic mass is 10.0. The minimum Gasteiger partial charge on any atom is -0.454 e. The lowest BCUT2D eigenvalue weighted by Crippen LogP contribution is -2.24. The second kappa shape index (κ2) is 6.43. The third kappa shape index (κ3) is 3.26. The predicted molar refractivity (Wildman–Crippen MR) is 95.6 cm³/mol. The Balaban J connectivity index is 1.49. The van der Waals surface area contributed by atoms with Gasteiger partial charge < -0.3 is 14.8 Å². The molecule has 0 spiro atoms. The number of nitrogens with zero attached hydrogens (tertiary/aromatic N) is 1. The van der Waals surface area contributed by atoms with Gasteiger partial charge in [0.15, 0.2) is 11.5 Å². The zero-order valence-corrected chi connectivity index (χ0v) is 13.9. The maximum atomic E-state index is 12.2. The van der Waals surface area contributed by atoms with Crippen LogP contribution < -0.4 is 14.8 Å². The van der Waals surface area contributed by atoms with E-state index in [-0.39, 0.29) is 12.7 Å². The summed E-state index contributed by atoms with van der Waals surface area (Å²) in [7, 11) is 0. The average Bonchev–Trinajstić information content (AvgIpc) is 3.21. The number of carbonyl (C=O) groups is 1. The summed E-state index contributed by atoms with van der Waals surface area (Å²) in [4.78, 5) is 16.6. The van der Waals surface area contributed by atoms with E-state index in [2.05, 4.69) is 29.4 Å². The Labute approximate surface area is 146 Å². The molecule has 2 aliphatic rings. The van der Waals surface area contributed by atoms with Gasteiger partial charge in [0, 0.05) is 6.42 Å². The van der Waals surface area contributed by atoms with Crippen molar-refractivity contribution in [3.05, 3.63) is 64.9 Å². The van der Waals surface area contributed by atoms with Gasteiger partial charge in [0.2, 0.25) is 6.79 Å². The average molecular weight is 334 g/mol. The van der Waals surface area contributed by atoms with Crippen molar-refractivity contribution in [2.24, 2.45) is 4.99 Å². The van der Waals surface area contributed by atoms with Crippen molar-refractivity contribution in [1.29, 1.82) is 0 Å². The summed E-state index contributed by atoms with van der Waals surface area (Å²) in [5.41, 5.74) is 3.80. The maximum Gasteiger partial charge on any atom is 0.275 e. The molecular formula is C20H18N2O3. The Morgan fingerprint density at radius 3 is 2.84 bits per heavy atom. The van der Waals surface area contributed by atoms with Crippen molar-refractivity contribution < 1.29 is 14.3 Å². The van der Waals surface area contributed by atoms with E-state index in [0.29, 0.717) is 23.7 Å². The lowest BCUT2D eigenvalue weighted by Gasteiger charge is -2.04. The van der Waals surface area contributed by atoms with E-state index in [1.165, 1.54) is 11.1 Å². The fourth-order valence-corrected chi connectivity index (χ4v) is 2.94. The summed E-state index contributed by atoms with van der Waals surface area (Å²) in [5, 5.41) is 2.85. The number of hydrogen-bond acceptors (Lipinski definition) is 4. The van der Waals surface area contributed by atoms with Gasteiger partial charge in [0.1, 0.15) is 11.5 Å². The molecule has 1 amide bonds. The molecule has 2 aromatic rings. The first-order valence-corrected chi connectivity index (χ1v) is 8.24. The Bertz CT molecular complexity index is 900. The van der Waals surface area contributed by atoms with E-state index in [1.807, 2.05) is 30.3 Å². The SMILES string of the molecule is Cc1ccccc1CCC1=N/C(=C/c2ccc3c(c2)OCO3)C(=O)N1. The normalized spacial score (nSPS) is 16.9. The van der Waals surface area contributed by atoms with E-state index in [9.17, 15) is 4.79 Å². The van der Waals surface area contributed by atoms with Crippen LogP contribution in [0.4, 0.5) is 0 Å². The number of amides is 1. The number of nitrogens with one attached hydrogen (secondary N) is 1. The van der Waals surface area contributed by atoms with Gasteiger partial charge in [-0.25, -0.2) is 4.99 Å². The van der Waals surface area contributed by atoms with Crippen molar-refractivity contribution in [1.82, 2.24) is 5.32 Å². The second-order valence-electron chi connectivity index (χ2n) is 6.08. The Morgan fingerprint density at radius 2 is 1.96 bits per heavy atom. The molecule has 0 atom stereocenters. The highest BCUT2D eigenvalue weighted by Gasteiger charge is 2.20. The minimum absolute atomic E-state index is 0.169. The largest absolute Gasteiger partial charge is 0.454 e. The third-order valence-corrected chi connectivity index (χ3v) is 4.34. The van der Waals surface area contributed by atoms with Gasteiger partial charge in [-0.1, -0.05) is 30.3 Å². The zero-order valence-electron chi connectivity index (χ0n) is 13.9. The van der Waals surface area contributed by atoms with Crippen LogP contribution >= 0.6 is 0 Å². The number of aliphatic imine (C=N–C) groups is 1. The number of fused-ring (bicyclic) bond motifs is 1. The molecule has 2 aliphatic heterocycles. The van der Waals surface area contributed by atoms with Crippen molar-refractivity contribution in [2.45, 2.75) is 19.8 Å². The Morgan fingerprint density at radius 1 is 1.12 bits per heavy atom. The molecule has 0 saturated heterocycles. The number of hydrogen-bond donors (Lipinski definition) is 1. The number of ether oxygens (including phenoxy) is 2. The number of amidine groups is 1. The molecule has 2 aromatic carbocycles. The van der Waals surface area contributed by atoms with E-state index in [0.717, 1.165) is 17.7 Å². The number of carbonyl (C=O) groups excluding carboxylic acids is 1. The molecule has 0 radical (unpaired) electrons. The number of aryl methyl sites for hydroxylation is 2. The number of benzene rings is 2. The minimum atomic E-state index is -0.169.